The molecule has 0 radical (unpaired) electrons. The fraction of sp³-hybridized carbons (Fsp3) is 0.520. The van der Waals surface area contributed by atoms with Crippen molar-refractivity contribution in [3.8, 4) is 0 Å². The molecule has 1 aromatic heterocycles. The van der Waals surface area contributed by atoms with Gasteiger partial charge < -0.3 is 30.1 Å². The third-order valence-corrected chi connectivity index (χ3v) is 6.78. The fourth-order valence-corrected chi connectivity index (χ4v) is 4.98. The van der Waals surface area contributed by atoms with Crippen molar-refractivity contribution in [1.82, 2.24) is 20.4 Å². The molecule has 196 valence electrons. The first-order valence-electron chi connectivity index (χ1n) is 12.1. The number of benzene rings is 1. The molecule has 0 aliphatic carbocycles. The quantitative estimate of drug-likeness (QED) is 0.507. The molecule has 0 bridgehead atoms. The Morgan fingerprint density at radius 2 is 2.11 bits per heavy atom. The number of nitrogens with zero attached hydrogens (tertiary/aromatic N) is 3. The zero-order chi connectivity index (χ0) is 26.0. The van der Waals surface area contributed by atoms with Crippen LogP contribution in [0.3, 0.4) is 0 Å². The number of ether oxygens (including phenoxy) is 2. The molecule has 4 rings (SSSR count). The summed E-state index contributed by atoms with van der Waals surface area (Å²) in [5.41, 5.74) is 3.29. The average Bonchev–Trinajstić information content (AvgIpc) is 3.29. The predicted octanol–water partition coefficient (Wildman–Crippen LogP) is 3.20. The number of alkyl halides is 2. The second-order valence-electron chi connectivity index (χ2n) is 9.00. The largest absolute Gasteiger partial charge is 0.496 e. The van der Waals surface area contributed by atoms with E-state index in [0.717, 1.165) is 24.2 Å². The standard InChI is InChI=1S/C25H33F2N5O4/c1-5-31(16-6-8-36-9-7-16)22-15(3)17(11-20-19(22)13-32(30-20)25(26)27)23(33)28-12-18-21(35-4)10-14(2)29-24(18)34/h10-11,13,16,24-25,29,34H,5-9,12H2,1-4H3,(H,28,33). The Bertz CT molecular complexity index is 1190. The van der Waals surface area contributed by atoms with Gasteiger partial charge in [0.15, 0.2) is 6.23 Å². The number of aromatic nitrogens is 2. The molecule has 1 atom stereocenters. The predicted molar refractivity (Wildman–Crippen MR) is 132 cm³/mol. The first-order chi connectivity index (χ1) is 17.2. The maximum atomic E-state index is 13.5. The molecule has 36 heavy (non-hydrogen) atoms. The monoisotopic (exact) mass is 505 g/mol. The second kappa shape index (κ2) is 10.8. The van der Waals surface area contributed by atoms with Gasteiger partial charge in [0.25, 0.3) is 5.91 Å². The van der Waals surface area contributed by atoms with E-state index < -0.39 is 18.7 Å². The number of anilines is 1. The molecule has 1 aromatic carbocycles. The number of nitrogens with one attached hydrogen (secondary N) is 2. The molecule has 2 aliphatic rings. The summed E-state index contributed by atoms with van der Waals surface area (Å²) in [7, 11) is 1.50. The third kappa shape index (κ3) is 5.03. The van der Waals surface area contributed by atoms with Gasteiger partial charge in [-0.3, -0.25) is 4.79 Å². The van der Waals surface area contributed by atoms with E-state index in [1.165, 1.54) is 13.3 Å². The van der Waals surface area contributed by atoms with Crippen LogP contribution in [0.4, 0.5) is 14.5 Å². The molecule has 3 heterocycles. The third-order valence-electron chi connectivity index (χ3n) is 6.78. The molecular weight excluding hydrogens is 472 g/mol. The Morgan fingerprint density at radius 3 is 2.75 bits per heavy atom. The van der Waals surface area contributed by atoms with Crippen molar-refractivity contribution in [3.05, 3.63) is 46.5 Å². The molecule has 11 heteroatoms. The van der Waals surface area contributed by atoms with E-state index in [9.17, 15) is 18.7 Å². The lowest BCUT2D eigenvalue weighted by molar-refractivity contribution is 0.0573. The number of hydrogen-bond donors (Lipinski definition) is 3. The zero-order valence-electron chi connectivity index (χ0n) is 21.0. The van der Waals surface area contributed by atoms with Crippen LogP contribution in [0, 0.1) is 6.92 Å². The highest BCUT2D eigenvalue weighted by Gasteiger charge is 2.28. The molecule has 9 nitrogen and oxygen atoms in total. The first kappa shape index (κ1) is 25.9. The van der Waals surface area contributed by atoms with Crippen molar-refractivity contribution < 1.29 is 28.2 Å². The molecule has 0 saturated carbocycles. The lowest BCUT2D eigenvalue weighted by atomic mass is 9.98. The number of halogens is 2. The molecule has 2 aromatic rings. The number of methoxy groups -OCH3 is 1. The SMILES string of the molecule is CCN(c1c(C)c(C(=O)NCC2=C(OC)C=C(C)NC2O)cc2nn(C(F)F)cc12)C1CCOCC1. The van der Waals surface area contributed by atoms with Crippen LogP contribution in [0.1, 0.15) is 49.2 Å². The van der Waals surface area contributed by atoms with Gasteiger partial charge in [-0.2, -0.15) is 13.9 Å². The van der Waals surface area contributed by atoms with Crippen LogP contribution in [0.5, 0.6) is 0 Å². The molecule has 0 spiro atoms. The van der Waals surface area contributed by atoms with Crippen LogP contribution in [-0.2, 0) is 9.47 Å². The summed E-state index contributed by atoms with van der Waals surface area (Å²) in [5, 5.41) is 20.8. The molecule has 1 amide bonds. The molecule has 1 fully saturated rings. The van der Waals surface area contributed by atoms with E-state index in [1.54, 1.807) is 19.1 Å². The summed E-state index contributed by atoms with van der Waals surface area (Å²) in [4.78, 5) is 15.6. The van der Waals surface area contributed by atoms with Gasteiger partial charge in [0.2, 0.25) is 0 Å². The van der Waals surface area contributed by atoms with Gasteiger partial charge in [-0.05, 0) is 51.3 Å². The minimum atomic E-state index is -2.79. The summed E-state index contributed by atoms with van der Waals surface area (Å²) >= 11 is 0. The van der Waals surface area contributed by atoms with Crippen LogP contribution in [0.2, 0.25) is 0 Å². The van der Waals surface area contributed by atoms with E-state index >= 15 is 0 Å². The Hall–Kier alpha value is -3.18. The lowest BCUT2D eigenvalue weighted by Gasteiger charge is -2.37. The van der Waals surface area contributed by atoms with E-state index in [-0.39, 0.29) is 12.6 Å². The van der Waals surface area contributed by atoms with Crippen molar-refractivity contribution in [2.45, 2.75) is 52.4 Å². The number of dihydropyridines is 1. The maximum absolute atomic E-state index is 13.5. The maximum Gasteiger partial charge on any atom is 0.333 e. The lowest BCUT2D eigenvalue weighted by Crippen LogP contribution is -2.40. The number of fused-ring (bicyclic) bond motifs is 1. The normalized spacial score (nSPS) is 18.9. The van der Waals surface area contributed by atoms with E-state index in [0.29, 0.717) is 57.8 Å². The van der Waals surface area contributed by atoms with Crippen LogP contribution < -0.4 is 15.5 Å². The Balaban J connectivity index is 1.73. The van der Waals surface area contributed by atoms with Gasteiger partial charge in [0, 0.05) is 60.8 Å². The highest BCUT2D eigenvalue weighted by molar-refractivity contribution is 6.05. The van der Waals surface area contributed by atoms with Crippen molar-refractivity contribution in [3.63, 3.8) is 0 Å². The van der Waals surface area contributed by atoms with Crippen LogP contribution in [0.25, 0.3) is 10.9 Å². The second-order valence-corrected chi connectivity index (χ2v) is 9.00. The van der Waals surface area contributed by atoms with Crippen molar-refractivity contribution in [1.29, 1.82) is 0 Å². The smallest absolute Gasteiger partial charge is 0.333 e. The van der Waals surface area contributed by atoms with Crippen LogP contribution in [0.15, 0.2) is 35.4 Å². The summed E-state index contributed by atoms with van der Waals surface area (Å²) in [6.45, 7) is 4.77. The Kier molecular flexibility index (Phi) is 7.79. The van der Waals surface area contributed by atoms with Gasteiger partial charge in [-0.1, -0.05) is 0 Å². The minimum Gasteiger partial charge on any atom is -0.496 e. The summed E-state index contributed by atoms with van der Waals surface area (Å²) < 4.78 is 38.6. The summed E-state index contributed by atoms with van der Waals surface area (Å²) in [6, 6.07) is 1.71. The molecule has 1 unspecified atom stereocenters. The highest BCUT2D eigenvalue weighted by atomic mass is 19.3. The van der Waals surface area contributed by atoms with Gasteiger partial charge in [-0.15, -0.1) is 0 Å². The number of rotatable bonds is 8. The number of amides is 1. The minimum absolute atomic E-state index is 0.0374. The Morgan fingerprint density at radius 1 is 1.39 bits per heavy atom. The fourth-order valence-electron chi connectivity index (χ4n) is 4.98. The number of aliphatic hydroxyl groups is 1. The number of allylic oxidation sites excluding steroid dienone is 2. The van der Waals surface area contributed by atoms with Crippen molar-refractivity contribution in [2.24, 2.45) is 0 Å². The molecular formula is C25H33F2N5O4. The number of carbonyl (C=O) groups excluding carboxylic acids is 1. The molecule has 1 saturated heterocycles. The van der Waals surface area contributed by atoms with E-state index in [2.05, 4.69) is 20.6 Å². The summed E-state index contributed by atoms with van der Waals surface area (Å²) in [5.74, 6) is 0.0750. The van der Waals surface area contributed by atoms with Gasteiger partial charge in [-0.25, -0.2) is 4.68 Å². The summed E-state index contributed by atoms with van der Waals surface area (Å²) in [6.07, 6.45) is 3.70. The number of hydrogen-bond acceptors (Lipinski definition) is 7. The van der Waals surface area contributed by atoms with E-state index in [1.807, 2.05) is 13.8 Å². The van der Waals surface area contributed by atoms with Crippen LogP contribution >= 0.6 is 0 Å². The van der Waals surface area contributed by atoms with Crippen molar-refractivity contribution in [2.75, 3.05) is 38.3 Å². The average molecular weight is 506 g/mol. The zero-order valence-corrected chi connectivity index (χ0v) is 21.0. The molecule has 2 aliphatic heterocycles. The Labute approximate surface area is 208 Å². The van der Waals surface area contributed by atoms with Crippen molar-refractivity contribution >= 4 is 22.5 Å². The first-order valence-corrected chi connectivity index (χ1v) is 12.1. The van der Waals surface area contributed by atoms with Crippen LogP contribution in [-0.4, -0.2) is 66.5 Å². The molecule has 3 N–H and O–H groups in total. The number of carbonyl (C=O) groups is 1. The van der Waals surface area contributed by atoms with Gasteiger partial charge in [0.1, 0.15) is 5.76 Å². The highest BCUT2D eigenvalue weighted by Crippen LogP contribution is 2.36. The van der Waals surface area contributed by atoms with Gasteiger partial charge >= 0.3 is 6.55 Å². The van der Waals surface area contributed by atoms with Gasteiger partial charge in [0.05, 0.1) is 18.3 Å². The van der Waals surface area contributed by atoms with E-state index in [4.69, 9.17) is 9.47 Å². The number of aliphatic hydroxyl groups excluding tert-OH is 1. The topological polar surface area (TPSA) is 101 Å².